The molecule has 2 aliphatic heterocycles. The standard InChI is InChI=1S/C25H33N3O2/c29-23(14-19-6-2-1-3-7-19)27-12-10-25(17-27)11-13-28(18-25)24(30)15-20-16-26-22-9-5-4-8-21(20)22/h4-5,8-9,16,19,26H,1-3,6-7,10-15,17-18H2. The van der Waals surface area contributed by atoms with Crippen LogP contribution in [0.2, 0.25) is 0 Å². The Kier molecular flexibility index (Phi) is 5.30. The number of rotatable bonds is 4. The first-order chi connectivity index (χ1) is 14.6. The number of aromatic nitrogens is 1. The van der Waals surface area contributed by atoms with Crippen LogP contribution in [0.1, 0.15) is 56.9 Å². The molecule has 2 aromatic rings. The number of nitrogens with zero attached hydrogens (tertiary/aromatic N) is 2. The normalized spacial score (nSPS) is 24.9. The van der Waals surface area contributed by atoms with Gasteiger partial charge in [-0.25, -0.2) is 0 Å². The minimum Gasteiger partial charge on any atom is -0.361 e. The predicted molar refractivity (Wildman–Crippen MR) is 118 cm³/mol. The summed E-state index contributed by atoms with van der Waals surface area (Å²) in [5, 5.41) is 1.14. The molecular formula is C25H33N3O2. The zero-order valence-corrected chi connectivity index (χ0v) is 17.9. The van der Waals surface area contributed by atoms with E-state index < -0.39 is 0 Å². The van der Waals surface area contributed by atoms with E-state index in [2.05, 4.69) is 16.0 Å². The lowest BCUT2D eigenvalue weighted by Gasteiger charge is -2.26. The summed E-state index contributed by atoms with van der Waals surface area (Å²) in [7, 11) is 0. The fraction of sp³-hybridized carbons (Fsp3) is 0.600. The average molecular weight is 408 g/mol. The maximum atomic E-state index is 13.0. The van der Waals surface area contributed by atoms with Crippen LogP contribution in [0.3, 0.4) is 0 Å². The molecule has 5 heteroatoms. The highest BCUT2D eigenvalue weighted by Gasteiger charge is 2.45. The quantitative estimate of drug-likeness (QED) is 0.828. The van der Waals surface area contributed by atoms with E-state index in [1.165, 1.54) is 32.1 Å². The Hall–Kier alpha value is -2.30. The first-order valence-corrected chi connectivity index (χ1v) is 11.7. The number of carbonyl (C=O) groups is 2. The maximum absolute atomic E-state index is 13.0. The van der Waals surface area contributed by atoms with Crippen LogP contribution in [0.5, 0.6) is 0 Å². The van der Waals surface area contributed by atoms with Gasteiger partial charge in [0.15, 0.2) is 0 Å². The minimum absolute atomic E-state index is 0.123. The second-order valence-corrected chi connectivity index (χ2v) is 9.88. The number of likely N-dealkylation sites (tertiary alicyclic amines) is 2. The molecule has 1 aromatic heterocycles. The van der Waals surface area contributed by atoms with E-state index in [0.29, 0.717) is 18.2 Å². The van der Waals surface area contributed by atoms with Gasteiger partial charge >= 0.3 is 0 Å². The van der Waals surface area contributed by atoms with Crippen molar-refractivity contribution in [2.75, 3.05) is 26.2 Å². The highest BCUT2D eigenvalue weighted by molar-refractivity contribution is 5.89. The van der Waals surface area contributed by atoms with Gasteiger partial charge in [-0.1, -0.05) is 37.5 Å². The third-order valence-electron chi connectivity index (χ3n) is 7.79. The van der Waals surface area contributed by atoms with Gasteiger partial charge in [0.25, 0.3) is 0 Å². The molecule has 1 unspecified atom stereocenters. The number of hydrogen-bond donors (Lipinski definition) is 1. The van der Waals surface area contributed by atoms with E-state index in [1.54, 1.807) is 0 Å². The van der Waals surface area contributed by atoms with Gasteiger partial charge < -0.3 is 14.8 Å². The second-order valence-electron chi connectivity index (χ2n) is 9.88. The molecule has 160 valence electrons. The summed E-state index contributed by atoms with van der Waals surface area (Å²) < 4.78 is 0. The maximum Gasteiger partial charge on any atom is 0.227 e. The zero-order chi connectivity index (χ0) is 20.6. The summed E-state index contributed by atoms with van der Waals surface area (Å²) in [6, 6.07) is 8.15. The molecule has 5 rings (SSSR count). The number of hydrogen-bond acceptors (Lipinski definition) is 2. The molecule has 2 saturated heterocycles. The van der Waals surface area contributed by atoms with Crippen LogP contribution in [-0.2, 0) is 16.0 Å². The predicted octanol–water partition coefficient (Wildman–Crippen LogP) is 4.13. The van der Waals surface area contributed by atoms with Crippen molar-refractivity contribution in [3.05, 3.63) is 36.0 Å². The SMILES string of the molecule is O=C(Cc1c[nH]c2ccccc12)N1CCC2(CCN(C(=O)CC3CCCCC3)C2)C1. The summed E-state index contributed by atoms with van der Waals surface area (Å²) in [6.07, 6.45) is 11.6. The van der Waals surface area contributed by atoms with Crippen LogP contribution in [0.15, 0.2) is 30.5 Å². The third-order valence-corrected chi connectivity index (χ3v) is 7.79. The van der Waals surface area contributed by atoms with Gasteiger partial charge in [0.2, 0.25) is 11.8 Å². The first-order valence-electron chi connectivity index (χ1n) is 11.7. The lowest BCUT2D eigenvalue weighted by Crippen LogP contribution is -2.36. The number of aromatic amines is 1. The van der Waals surface area contributed by atoms with Gasteiger partial charge in [-0.2, -0.15) is 0 Å². The number of nitrogens with one attached hydrogen (secondary N) is 1. The molecule has 1 aromatic carbocycles. The molecule has 1 N–H and O–H groups in total. The number of H-pyrrole nitrogens is 1. The molecule has 1 aliphatic carbocycles. The Labute approximate surface area is 178 Å². The van der Waals surface area contributed by atoms with Gasteiger partial charge in [0.1, 0.15) is 0 Å². The fourth-order valence-electron chi connectivity index (χ4n) is 5.95. The van der Waals surface area contributed by atoms with Gasteiger partial charge in [-0.05, 0) is 43.2 Å². The molecule has 3 fully saturated rings. The lowest BCUT2D eigenvalue weighted by atomic mass is 9.86. The molecular weight excluding hydrogens is 374 g/mol. The number of benzene rings is 1. The van der Waals surface area contributed by atoms with Crippen molar-refractivity contribution in [3.63, 3.8) is 0 Å². The number of carbonyl (C=O) groups excluding carboxylic acids is 2. The summed E-state index contributed by atoms with van der Waals surface area (Å²) in [5.41, 5.74) is 2.28. The summed E-state index contributed by atoms with van der Waals surface area (Å²) in [6.45, 7) is 3.35. The van der Waals surface area contributed by atoms with E-state index in [-0.39, 0.29) is 11.3 Å². The van der Waals surface area contributed by atoms with Crippen LogP contribution in [-0.4, -0.2) is 52.8 Å². The van der Waals surface area contributed by atoms with E-state index in [0.717, 1.165) is 61.9 Å². The monoisotopic (exact) mass is 407 g/mol. The van der Waals surface area contributed by atoms with Gasteiger partial charge in [-0.15, -0.1) is 0 Å². The topological polar surface area (TPSA) is 56.4 Å². The number of amides is 2. The average Bonchev–Trinajstić information content (AvgIpc) is 3.49. The Balaban J connectivity index is 1.17. The van der Waals surface area contributed by atoms with E-state index in [1.807, 2.05) is 29.3 Å². The van der Waals surface area contributed by atoms with E-state index in [9.17, 15) is 9.59 Å². The first kappa shape index (κ1) is 19.7. The molecule has 3 aliphatic rings. The lowest BCUT2D eigenvalue weighted by molar-refractivity contribution is -0.131. The molecule has 0 radical (unpaired) electrons. The molecule has 1 spiro atoms. The van der Waals surface area contributed by atoms with Crippen molar-refractivity contribution in [1.82, 2.24) is 14.8 Å². The fourth-order valence-corrected chi connectivity index (χ4v) is 5.95. The van der Waals surface area contributed by atoms with Crippen molar-refractivity contribution >= 4 is 22.7 Å². The molecule has 2 amide bonds. The van der Waals surface area contributed by atoms with Gasteiger partial charge in [0.05, 0.1) is 6.42 Å². The minimum atomic E-state index is 0.123. The Morgan fingerprint density at radius 3 is 2.43 bits per heavy atom. The highest BCUT2D eigenvalue weighted by atomic mass is 16.2. The summed E-state index contributed by atoms with van der Waals surface area (Å²) in [4.78, 5) is 33.3. The van der Waals surface area contributed by atoms with E-state index in [4.69, 9.17) is 0 Å². The van der Waals surface area contributed by atoms with Crippen LogP contribution in [0.4, 0.5) is 0 Å². The smallest absolute Gasteiger partial charge is 0.227 e. The largest absolute Gasteiger partial charge is 0.361 e. The Bertz CT molecular complexity index is 929. The molecule has 1 atom stereocenters. The van der Waals surface area contributed by atoms with E-state index >= 15 is 0 Å². The molecule has 5 nitrogen and oxygen atoms in total. The molecule has 3 heterocycles. The zero-order valence-electron chi connectivity index (χ0n) is 17.9. The van der Waals surface area contributed by atoms with Crippen molar-refractivity contribution in [1.29, 1.82) is 0 Å². The Morgan fingerprint density at radius 2 is 1.67 bits per heavy atom. The van der Waals surface area contributed by atoms with Crippen molar-refractivity contribution in [2.24, 2.45) is 11.3 Å². The number of para-hydroxylation sites is 1. The van der Waals surface area contributed by atoms with Crippen molar-refractivity contribution in [3.8, 4) is 0 Å². The van der Waals surface area contributed by atoms with Crippen molar-refractivity contribution in [2.45, 2.75) is 57.8 Å². The van der Waals surface area contributed by atoms with Crippen LogP contribution in [0.25, 0.3) is 10.9 Å². The second kappa shape index (κ2) is 8.09. The number of fused-ring (bicyclic) bond motifs is 1. The Morgan fingerprint density at radius 1 is 0.967 bits per heavy atom. The van der Waals surface area contributed by atoms with Gasteiger partial charge in [-0.3, -0.25) is 9.59 Å². The van der Waals surface area contributed by atoms with Gasteiger partial charge in [0, 0.05) is 55.1 Å². The van der Waals surface area contributed by atoms with Crippen molar-refractivity contribution < 1.29 is 9.59 Å². The molecule has 1 saturated carbocycles. The summed E-state index contributed by atoms with van der Waals surface area (Å²) >= 11 is 0. The molecule has 30 heavy (non-hydrogen) atoms. The van der Waals surface area contributed by atoms with Crippen LogP contribution in [0, 0.1) is 11.3 Å². The van der Waals surface area contributed by atoms with Crippen LogP contribution < -0.4 is 0 Å². The van der Waals surface area contributed by atoms with Crippen LogP contribution >= 0.6 is 0 Å². The highest BCUT2D eigenvalue weighted by Crippen LogP contribution is 2.40. The third kappa shape index (κ3) is 3.86. The molecule has 0 bridgehead atoms. The summed E-state index contributed by atoms with van der Waals surface area (Å²) in [5.74, 6) is 1.16.